The number of nitrogens with zero attached hydrogens (tertiary/aromatic N) is 1. The average Bonchev–Trinajstić information content (AvgIpc) is 3.07. The first-order valence-electron chi connectivity index (χ1n) is 9.11. The smallest absolute Gasteiger partial charge is 0.341 e. The maximum Gasteiger partial charge on any atom is 0.341 e. The summed E-state index contributed by atoms with van der Waals surface area (Å²) in [5.41, 5.74) is 2.13. The summed E-state index contributed by atoms with van der Waals surface area (Å²) < 4.78 is 11.7. The highest BCUT2D eigenvalue weighted by Gasteiger charge is 2.24. The summed E-state index contributed by atoms with van der Waals surface area (Å²) in [7, 11) is 1.47. The van der Waals surface area contributed by atoms with Crippen LogP contribution in [0, 0.1) is 0 Å². The number of aliphatic imine (C=N–C) groups is 1. The minimum Gasteiger partial charge on any atom is -0.493 e. The van der Waals surface area contributed by atoms with Crippen LogP contribution in [0.1, 0.15) is 11.1 Å². The number of hydrogen-bond donors (Lipinski definition) is 2. The van der Waals surface area contributed by atoms with Crippen molar-refractivity contribution < 1.29 is 24.2 Å². The van der Waals surface area contributed by atoms with Crippen LogP contribution in [0.5, 0.6) is 11.5 Å². The van der Waals surface area contributed by atoms with Crippen LogP contribution >= 0.6 is 27.7 Å². The lowest BCUT2D eigenvalue weighted by molar-refractivity contribution is -0.139. The zero-order valence-electron chi connectivity index (χ0n) is 16.6. The number of carbonyl (C=O) groups is 2. The van der Waals surface area contributed by atoms with Crippen molar-refractivity contribution in [2.75, 3.05) is 13.7 Å². The van der Waals surface area contributed by atoms with E-state index in [1.165, 1.54) is 18.9 Å². The summed E-state index contributed by atoms with van der Waals surface area (Å²) in [4.78, 5) is 28.2. The van der Waals surface area contributed by atoms with Gasteiger partial charge in [-0.3, -0.25) is 4.79 Å². The SMILES string of the molecule is C=CCc1cc(/C=C2\SC(=Nc3ccc(Br)cc3)NC2=O)cc(OC)c1OCC(=O)O. The van der Waals surface area contributed by atoms with Gasteiger partial charge in [0.15, 0.2) is 23.3 Å². The number of thioether (sulfide) groups is 1. The topological polar surface area (TPSA) is 97.2 Å². The van der Waals surface area contributed by atoms with Crippen LogP contribution in [-0.2, 0) is 16.0 Å². The van der Waals surface area contributed by atoms with E-state index >= 15 is 0 Å². The molecule has 0 saturated carbocycles. The van der Waals surface area contributed by atoms with Gasteiger partial charge in [-0.25, -0.2) is 9.79 Å². The number of methoxy groups -OCH3 is 1. The first kappa shape index (κ1) is 22.6. The Bertz CT molecular complexity index is 1080. The molecular weight excluding hydrogens is 484 g/mol. The largest absolute Gasteiger partial charge is 0.493 e. The number of carbonyl (C=O) groups excluding carboxylic acids is 1. The van der Waals surface area contributed by atoms with E-state index in [0.29, 0.717) is 39.1 Å². The summed E-state index contributed by atoms with van der Waals surface area (Å²) in [6, 6.07) is 10.9. The summed E-state index contributed by atoms with van der Waals surface area (Å²) in [6.45, 7) is 3.24. The predicted molar refractivity (Wildman–Crippen MR) is 125 cm³/mol. The molecule has 2 aromatic carbocycles. The van der Waals surface area contributed by atoms with Crippen LogP contribution in [0.25, 0.3) is 6.08 Å². The number of ether oxygens (including phenoxy) is 2. The van der Waals surface area contributed by atoms with E-state index in [2.05, 4.69) is 32.8 Å². The number of halogens is 1. The van der Waals surface area contributed by atoms with E-state index in [-0.39, 0.29) is 5.91 Å². The van der Waals surface area contributed by atoms with Gasteiger partial charge in [-0.05, 0) is 66.2 Å². The summed E-state index contributed by atoms with van der Waals surface area (Å²) in [5, 5.41) is 12.2. The minimum atomic E-state index is -1.09. The second kappa shape index (κ2) is 10.3. The van der Waals surface area contributed by atoms with Crippen LogP contribution in [-0.4, -0.2) is 35.9 Å². The quantitative estimate of drug-likeness (QED) is 0.406. The van der Waals surface area contributed by atoms with Gasteiger partial charge in [0.2, 0.25) is 0 Å². The van der Waals surface area contributed by atoms with E-state index in [1.807, 2.05) is 30.3 Å². The molecule has 3 rings (SSSR count). The van der Waals surface area contributed by atoms with Crippen LogP contribution in [0.2, 0.25) is 0 Å². The molecule has 0 bridgehead atoms. The highest BCUT2D eigenvalue weighted by Crippen LogP contribution is 2.36. The molecule has 0 unspecified atom stereocenters. The highest BCUT2D eigenvalue weighted by molar-refractivity contribution is 9.10. The van der Waals surface area contributed by atoms with Gasteiger partial charge in [-0.15, -0.1) is 6.58 Å². The first-order valence-corrected chi connectivity index (χ1v) is 10.7. The summed E-state index contributed by atoms with van der Waals surface area (Å²) >= 11 is 4.61. The maximum atomic E-state index is 12.4. The van der Waals surface area contributed by atoms with E-state index in [1.54, 1.807) is 18.2 Å². The average molecular weight is 503 g/mol. The second-order valence-electron chi connectivity index (χ2n) is 6.34. The number of aliphatic carboxylic acids is 1. The fourth-order valence-corrected chi connectivity index (χ4v) is 3.89. The number of benzene rings is 2. The van der Waals surface area contributed by atoms with Gasteiger partial charge in [-0.2, -0.15) is 0 Å². The van der Waals surface area contributed by atoms with E-state index in [0.717, 1.165) is 10.2 Å². The molecule has 2 aromatic rings. The Morgan fingerprint density at radius 1 is 1.32 bits per heavy atom. The van der Waals surface area contributed by atoms with Crippen molar-refractivity contribution in [3.8, 4) is 11.5 Å². The van der Waals surface area contributed by atoms with Gasteiger partial charge in [-0.1, -0.05) is 22.0 Å². The monoisotopic (exact) mass is 502 g/mol. The van der Waals surface area contributed by atoms with Gasteiger partial charge in [0, 0.05) is 10.0 Å². The van der Waals surface area contributed by atoms with Gasteiger partial charge in [0.1, 0.15) is 0 Å². The normalized spacial score (nSPS) is 15.7. The summed E-state index contributed by atoms with van der Waals surface area (Å²) in [5.74, 6) is -0.627. The third-order valence-corrected chi connectivity index (χ3v) is 5.52. The fraction of sp³-hybridized carbons (Fsp3) is 0.136. The second-order valence-corrected chi connectivity index (χ2v) is 8.29. The molecule has 0 aromatic heterocycles. The molecule has 1 saturated heterocycles. The molecule has 1 amide bonds. The number of amidine groups is 1. The van der Waals surface area contributed by atoms with Crippen LogP contribution in [0.15, 0.2) is 63.4 Å². The third-order valence-electron chi connectivity index (χ3n) is 4.08. The lowest BCUT2D eigenvalue weighted by Gasteiger charge is -2.14. The van der Waals surface area contributed by atoms with E-state index in [4.69, 9.17) is 14.6 Å². The Balaban J connectivity index is 1.90. The molecule has 1 heterocycles. The molecule has 7 nitrogen and oxygen atoms in total. The molecule has 0 spiro atoms. The molecule has 1 aliphatic rings. The summed E-state index contributed by atoms with van der Waals surface area (Å²) in [6.07, 6.45) is 3.84. The van der Waals surface area contributed by atoms with Crippen molar-refractivity contribution in [1.82, 2.24) is 5.32 Å². The van der Waals surface area contributed by atoms with Crippen molar-refractivity contribution in [2.24, 2.45) is 4.99 Å². The Labute approximate surface area is 192 Å². The Hall–Kier alpha value is -3.04. The molecule has 160 valence electrons. The number of carboxylic acids is 1. The van der Waals surface area contributed by atoms with Crippen LogP contribution in [0.4, 0.5) is 5.69 Å². The van der Waals surface area contributed by atoms with Crippen LogP contribution in [0.3, 0.4) is 0 Å². The van der Waals surface area contributed by atoms with Gasteiger partial charge in [0.25, 0.3) is 5.91 Å². The standard InChI is InChI=1S/C22H19BrN2O5S/c1-3-4-14-9-13(10-17(29-2)20(14)30-12-19(26)27)11-18-21(28)25-22(31-18)24-16-7-5-15(23)6-8-16/h3,5-11H,1,4,12H2,2H3,(H,26,27)(H,24,25,28)/b18-11-. The molecule has 0 radical (unpaired) electrons. The zero-order valence-corrected chi connectivity index (χ0v) is 19.0. The van der Waals surface area contributed by atoms with Crippen LogP contribution < -0.4 is 14.8 Å². The molecule has 1 fully saturated rings. The lowest BCUT2D eigenvalue weighted by atomic mass is 10.0. The number of rotatable bonds is 8. The number of amides is 1. The van der Waals surface area contributed by atoms with Crippen molar-refractivity contribution in [3.63, 3.8) is 0 Å². The third kappa shape index (κ3) is 5.99. The Kier molecular flexibility index (Phi) is 7.54. The Morgan fingerprint density at radius 2 is 2.06 bits per heavy atom. The van der Waals surface area contributed by atoms with Crippen molar-refractivity contribution >= 4 is 56.5 Å². The highest BCUT2D eigenvalue weighted by atomic mass is 79.9. The van der Waals surface area contributed by atoms with E-state index < -0.39 is 12.6 Å². The van der Waals surface area contributed by atoms with Gasteiger partial charge >= 0.3 is 5.97 Å². The maximum absolute atomic E-state index is 12.4. The molecule has 0 atom stereocenters. The molecular formula is C22H19BrN2O5S. The fourth-order valence-electron chi connectivity index (χ4n) is 2.79. The zero-order chi connectivity index (χ0) is 22.4. The number of allylic oxidation sites excluding steroid dienone is 1. The lowest BCUT2D eigenvalue weighted by Crippen LogP contribution is -2.19. The van der Waals surface area contributed by atoms with Gasteiger partial charge in [0.05, 0.1) is 17.7 Å². The first-order chi connectivity index (χ1) is 14.9. The van der Waals surface area contributed by atoms with Crippen molar-refractivity contribution in [1.29, 1.82) is 0 Å². The Morgan fingerprint density at radius 3 is 2.71 bits per heavy atom. The predicted octanol–water partition coefficient (Wildman–Crippen LogP) is 4.54. The van der Waals surface area contributed by atoms with Crippen molar-refractivity contribution in [2.45, 2.75) is 6.42 Å². The number of nitrogens with one attached hydrogen (secondary N) is 1. The van der Waals surface area contributed by atoms with E-state index in [9.17, 15) is 9.59 Å². The minimum absolute atomic E-state index is 0.253. The number of carboxylic acid groups (broad SMARTS) is 1. The number of hydrogen-bond acceptors (Lipinski definition) is 6. The molecule has 2 N–H and O–H groups in total. The molecule has 31 heavy (non-hydrogen) atoms. The molecule has 1 aliphatic heterocycles. The van der Waals surface area contributed by atoms with Gasteiger partial charge < -0.3 is 19.9 Å². The molecule has 9 heteroatoms. The van der Waals surface area contributed by atoms with Crippen molar-refractivity contribution in [3.05, 3.63) is 69.6 Å². The molecule has 0 aliphatic carbocycles.